The average Bonchev–Trinajstić information content (AvgIpc) is 2.99. The van der Waals surface area contributed by atoms with E-state index < -0.39 is 0 Å². The van der Waals surface area contributed by atoms with E-state index in [4.69, 9.17) is 16.3 Å². The molecule has 1 aliphatic heterocycles. The van der Waals surface area contributed by atoms with E-state index in [-0.39, 0.29) is 24.6 Å². The van der Waals surface area contributed by atoms with Gasteiger partial charge in [-0.3, -0.25) is 0 Å². The highest BCUT2D eigenvalue weighted by Crippen LogP contribution is 2.28. The van der Waals surface area contributed by atoms with Crippen LogP contribution in [0.3, 0.4) is 0 Å². The summed E-state index contributed by atoms with van der Waals surface area (Å²) < 4.78 is 5.35. The molecule has 1 aliphatic rings. The van der Waals surface area contributed by atoms with E-state index in [0.29, 0.717) is 0 Å². The summed E-state index contributed by atoms with van der Waals surface area (Å²) in [5.41, 5.74) is 3.02. The topological polar surface area (TPSA) is 49.9 Å². The number of benzene rings is 1. The number of aromatic amines is 1. The summed E-state index contributed by atoms with van der Waals surface area (Å²) in [6, 6.07) is 4.12. The minimum atomic E-state index is 0. The largest absolute Gasteiger partial charge is 0.380 e. The number of halogens is 2. The molecule has 2 atom stereocenters. The normalized spacial score (nSPS) is 22.7. The molecule has 0 unspecified atom stereocenters. The third-order valence-corrected chi connectivity index (χ3v) is 4.02. The van der Waals surface area contributed by atoms with Crippen molar-refractivity contribution in [2.75, 3.05) is 13.7 Å². The number of rotatable bonds is 2. The van der Waals surface area contributed by atoms with Crippen LogP contribution in [0, 0.1) is 6.92 Å². The molecule has 0 radical (unpaired) electrons. The smallest absolute Gasteiger partial charge is 0.124 e. The minimum Gasteiger partial charge on any atom is -0.380 e. The Hall–Kier alpha value is -0.810. The van der Waals surface area contributed by atoms with Gasteiger partial charge in [0, 0.05) is 18.7 Å². The van der Waals surface area contributed by atoms with E-state index in [9.17, 15) is 0 Å². The maximum Gasteiger partial charge on any atom is 0.124 e. The van der Waals surface area contributed by atoms with Gasteiger partial charge in [-0.25, -0.2) is 4.98 Å². The number of hydrogen-bond acceptors (Lipinski definition) is 3. The second-order valence-corrected chi connectivity index (χ2v) is 5.15. The SMILES string of the molecule is CO[C@@H]1CN[C@H](c2nc3c(C)c(Cl)ccc3[nH]2)C1.Cl. The highest BCUT2D eigenvalue weighted by atomic mass is 35.5. The molecule has 6 heteroatoms. The van der Waals surface area contributed by atoms with Gasteiger partial charge in [-0.2, -0.15) is 0 Å². The van der Waals surface area contributed by atoms with Crippen molar-refractivity contribution < 1.29 is 4.74 Å². The first-order valence-electron chi connectivity index (χ1n) is 6.10. The van der Waals surface area contributed by atoms with Crippen molar-refractivity contribution in [3.63, 3.8) is 0 Å². The molecule has 104 valence electrons. The lowest BCUT2D eigenvalue weighted by Crippen LogP contribution is -2.16. The number of nitrogens with one attached hydrogen (secondary N) is 2. The molecule has 1 aromatic carbocycles. The zero-order chi connectivity index (χ0) is 12.7. The number of fused-ring (bicyclic) bond motifs is 1. The molecule has 2 heterocycles. The van der Waals surface area contributed by atoms with Crippen molar-refractivity contribution in [2.45, 2.75) is 25.5 Å². The number of methoxy groups -OCH3 is 1. The van der Waals surface area contributed by atoms with Gasteiger partial charge in [0.25, 0.3) is 0 Å². The molecular formula is C13H17Cl2N3O. The number of hydrogen-bond donors (Lipinski definition) is 2. The fourth-order valence-electron chi connectivity index (χ4n) is 2.46. The number of H-pyrrole nitrogens is 1. The molecule has 0 amide bonds. The van der Waals surface area contributed by atoms with E-state index in [1.54, 1.807) is 7.11 Å². The molecule has 2 N–H and O–H groups in total. The Balaban J connectivity index is 0.00000133. The van der Waals surface area contributed by atoms with E-state index >= 15 is 0 Å². The summed E-state index contributed by atoms with van der Waals surface area (Å²) in [5.74, 6) is 0.968. The molecule has 1 aromatic heterocycles. The Morgan fingerprint density at radius 2 is 2.21 bits per heavy atom. The monoisotopic (exact) mass is 301 g/mol. The number of ether oxygens (including phenoxy) is 1. The summed E-state index contributed by atoms with van der Waals surface area (Å²) >= 11 is 6.11. The van der Waals surface area contributed by atoms with Crippen LogP contribution in [0.2, 0.25) is 5.02 Å². The molecule has 0 bridgehead atoms. The second kappa shape index (κ2) is 5.67. The van der Waals surface area contributed by atoms with Crippen LogP contribution in [0.4, 0.5) is 0 Å². The lowest BCUT2D eigenvalue weighted by molar-refractivity contribution is 0.117. The van der Waals surface area contributed by atoms with E-state index in [0.717, 1.165) is 40.4 Å². The number of nitrogens with zero attached hydrogens (tertiary/aromatic N) is 1. The van der Waals surface area contributed by atoms with Crippen LogP contribution in [0.25, 0.3) is 11.0 Å². The first-order chi connectivity index (χ1) is 8.69. The quantitative estimate of drug-likeness (QED) is 0.896. The standard InChI is InChI=1S/C13H16ClN3O.ClH/c1-7-9(14)3-4-10-12(7)17-13(16-10)11-5-8(18-2)6-15-11;/h3-4,8,11,15H,5-6H2,1-2H3,(H,16,17);1H/t8-,11-;/m0./s1. The summed E-state index contributed by atoms with van der Waals surface area (Å²) in [5, 5.41) is 4.18. The van der Waals surface area contributed by atoms with Crippen LogP contribution in [-0.2, 0) is 4.74 Å². The number of aromatic nitrogens is 2. The average molecular weight is 302 g/mol. The molecule has 3 rings (SSSR count). The van der Waals surface area contributed by atoms with Gasteiger partial charge in [0.05, 0.1) is 23.2 Å². The summed E-state index contributed by atoms with van der Waals surface area (Å²) in [6.45, 7) is 2.87. The zero-order valence-electron chi connectivity index (χ0n) is 10.9. The van der Waals surface area contributed by atoms with Gasteiger partial charge < -0.3 is 15.0 Å². The third-order valence-electron chi connectivity index (χ3n) is 3.61. The van der Waals surface area contributed by atoms with Gasteiger partial charge in [0.2, 0.25) is 0 Å². The summed E-state index contributed by atoms with van der Waals surface area (Å²) in [4.78, 5) is 8.03. The van der Waals surface area contributed by atoms with Crippen molar-refractivity contribution in [1.82, 2.24) is 15.3 Å². The first-order valence-corrected chi connectivity index (χ1v) is 6.47. The number of imidazole rings is 1. The summed E-state index contributed by atoms with van der Waals surface area (Å²) in [6.07, 6.45) is 1.22. The van der Waals surface area contributed by atoms with E-state index in [2.05, 4.69) is 15.3 Å². The van der Waals surface area contributed by atoms with Crippen molar-refractivity contribution in [3.8, 4) is 0 Å². The highest BCUT2D eigenvalue weighted by molar-refractivity contribution is 6.32. The highest BCUT2D eigenvalue weighted by Gasteiger charge is 2.27. The molecule has 1 fully saturated rings. The Morgan fingerprint density at radius 3 is 2.89 bits per heavy atom. The Morgan fingerprint density at radius 1 is 1.42 bits per heavy atom. The second-order valence-electron chi connectivity index (χ2n) is 4.74. The van der Waals surface area contributed by atoms with Crippen molar-refractivity contribution in [3.05, 3.63) is 28.5 Å². The fraction of sp³-hybridized carbons (Fsp3) is 0.462. The van der Waals surface area contributed by atoms with Crippen molar-refractivity contribution in [2.24, 2.45) is 0 Å². The third kappa shape index (κ3) is 2.58. The molecule has 2 aromatic rings. The van der Waals surface area contributed by atoms with Gasteiger partial charge in [-0.15, -0.1) is 12.4 Å². The van der Waals surface area contributed by atoms with Gasteiger partial charge in [0.15, 0.2) is 0 Å². The molecule has 0 spiro atoms. The number of aryl methyl sites for hydroxylation is 1. The van der Waals surface area contributed by atoms with Gasteiger partial charge in [-0.1, -0.05) is 11.6 Å². The maximum atomic E-state index is 6.11. The lowest BCUT2D eigenvalue weighted by Gasteiger charge is -2.06. The minimum absolute atomic E-state index is 0. The zero-order valence-corrected chi connectivity index (χ0v) is 12.4. The van der Waals surface area contributed by atoms with Crippen LogP contribution in [0.15, 0.2) is 12.1 Å². The Kier molecular flexibility index (Phi) is 4.36. The van der Waals surface area contributed by atoms with Crippen molar-refractivity contribution in [1.29, 1.82) is 0 Å². The molecular weight excluding hydrogens is 285 g/mol. The van der Waals surface area contributed by atoms with E-state index in [1.165, 1.54) is 0 Å². The molecule has 0 aliphatic carbocycles. The first kappa shape index (κ1) is 14.6. The van der Waals surface area contributed by atoms with Gasteiger partial charge >= 0.3 is 0 Å². The lowest BCUT2D eigenvalue weighted by atomic mass is 10.2. The molecule has 4 nitrogen and oxygen atoms in total. The van der Waals surface area contributed by atoms with Gasteiger partial charge in [0.1, 0.15) is 5.82 Å². The van der Waals surface area contributed by atoms with Gasteiger partial charge in [-0.05, 0) is 31.0 Å². The van der Waals surface area contributed by atoms with Crippen LogP contribution in [0.5, 0.6) is 0 Å². The fourth-order valence-corrected chi connectivity index (χ4v) is 2.62. The van der Waals surface area contributed by atoms with E-state index in [1.807, 2.05) is 19.1 Å². The van der Waals surface area contributed by atoms with Crippen LogP contribution >= 0.6 is 24.0 Å². The van der Waals surface area contributed by atoms with Crippen LogP contribution in [0.1, 0.15) is 23.9 Å². The van der Waals surface area contributed by atoms with Crippen LogP contribution < -0.4 is 5.32 Å². The maximum absolute atomic E-state index is 6.11. The molecule has 0 saturated carbocycles. The predicted octanol–water partition coefficient (Wildman–Crippen LogP) is 3.00. The predicted molar refractivity (Wildman–Crippen MR) is 79.2 cm³/mol. The van der Waals surface area contributed by atoms with Crippen LogP contribution in [-0.4, -0.2) is 29.7 Å². The Labute approximate surface area is 123 Å². The Bertz CT molecular complexity index is 585. The molecule has 19 heavy (non-hydrogen) atoms. The summed E-state index contributed by atoms with van der Waals surface area (Å²) in [7, 11) is 1.75. The van der Waals surface area contributed by atoms with Crippen molar-refractivity contribution >= 4 is 35.0 Å². The molecule has 1 saturated heterocycles.